The van der Waals surface area contributed by atoms with Gasteiger partial charge >= 0.3 is 6.03 Å². The normalized spacial score (nSPS) is 24.5. The number of aromatic nitrogens is 2. The van der Waals surface area contributed by atoms with Crippen molar-refractivity contribution in [1.29, 1.82) is 0 Å². The number of nitrogens with zero attached hydrogens (tertiary/aromatic N) is 3. The van der Waals surface area contributed by atoms with Crippen LogP contribution in [0.1, 0.15) is 40.0 Å². The highest BCUT2D eigenvalue weighted by Gasteiger charge is 2.56. The number of anilines is 1. The third-order valence-electron chi connectivity index (χ3n) is 6.48. The number of imide groups is 1. The molecule has 1 spiro atoms. The molecule has 1 aliphatic heterocycles. The van der Waals surface area contributed by atoms with Crippen LogP contribution in [0.5, 0.6) is 0 Å². The molecule has 1 saturated heterocycles. The van der Waals surface area contributed by atoms with E-state index in [4.69, 9.17) is 0 Å². The van der Waals surface area contributed by atoms with E-state index in [-0.39, 0.29) is 17.9 Å². The van der Waals surface area contributed by atoms with Crippen molar-refractivity contribution in [2.24, 2.45) is 11.3 Å². The van der Waals surface area contributed by atoms with Gasteiger partial charge in [-0.15, -0.1) is 11.3 Å². The third-order valence-corrected chi connectivity index (χ3v) is 7.25. The van der Waals surface area contributed by atoms with Crippen molar-refractivity contribution in [2.45, 2.75) is 45.6 Å². The van der Waals surface area contributed by atoms with Crippen molar-refractivity contribution in [1.82, 2.24) is 19.6 Å². The number of rotatable bonds is 4. The van der Waals surface area contributed by atoms with Crippen LogP contribution in [-0.2, 0) is 9.59 Å². The number of hydrogen-bond acceptors (Lipinski definition) is 5. The molecule has 5 rings (SSSR count). The summed E-state index contributed by atoms with van der Waals surface area (Å²) in [6.07, 6.45) is 6.11. The molecule has 3 aromatic rings. The molecule has 2 fully saturated rings. The number of benzene rings is 1. The van der Waals surface area contributed by atoms with Crippen LogP contribution in [0.4, 0.5) is 10.5 Å². The Labute approximate surface area is 196 Å². The predicted octanol–water partition coefficient (Wildman–Crippen LogP) is 4.14. The minimum atomic E-state index is -0.904. The highest BCUT2D eigenvalue weighted by atomic mass is 32.1. The zero-order valence-corrected chi connectivity index (χ0v) is 19.7. The van der Waals surface area contributed by atoms with E-state index < -0.39 is 17.5 Å². The molecule has 2 N–H and O–H groups in total. The van der Waals surface area contributed by atoms with Gasteiger partial charge in [0.15, 0.2) is 4.96 Å². The number of imidazole rings is 1. The fourth-order valence-electron chi connectivity index (χ4n) is 5.58. The number of thiazole rings is 1. The molecule has 2 atom stereocenters. The summed E-state index contributed by atoms with van der Waals surface area (Å²) in [6.45, 7) is 6.04. The van der Waals surface area contributed by atoms with Crippen LogP contribution < -0.4 is 10.6 Å². The van der Waals surface area contributed by atoms with Gasteiger partial charge in [0.25, 0.3) is 5.91 Å². The molecule has 1 saturated carbocycles. The first kappa shape index (κ1) is 21.6. The van der Waals surface area contributed by atoms with Crippen LogP contribution >= 0.6 is 11.3 Å². The van der Waals surface area contributed by atoms with Gasteiger partial charge in [-0.25, -0.2) is 9.78 Å². The quantitative estimate of drug-likeness (QED) is 0.566. The van der Waals surface area contributed by atoms with E-state index in [9.17, 15) is 14.4 Å². The summed E-state index contributed by atoms with van der Waals surface area (Å²) in [6, 6.07) is 6.86. The van der Waals surface area contributed by atoms with Gasteiger partial charge in [-0.3, -0.25) is 18.9 Å². The Bertz CT molecular complexity index is 1220. The number of urea groups is 1. The van der Waals surface area contributed by atoms with Crippen molar-refractivity contribution in [3.05, 3.63) is 42.0 Å². The van der Waals surface area contributed by atoms with Gasteiger partial charge in [0, 0.05) is 29.0 Å². The molecule has 2 aromatic heterocycles. The van der Waals surface area contributed by atoms with Crippen molar-refractivity contribution >= 4 is 39.8 Å². The number of hydrogen-bond donors (Lipinski definition) is 2. The summed E-state index contributed by atoms with van der Waals surface area (Å²) in [4.78, 5) is 45.1. The SMILES string of the molecule is C[C@@H]1CC(C)(C)C[C@]2(C1)NC(=O)N(CC(=O)Nc1ccc(-c3cn4ccsc4n3)cc1)C2=O. The summed E-state index contributed by atoms with van der Waals surface area (Å²) in [5.74, 6) is -0.386. The molecule has 0 bridgehead atoms. The first-order valence-electron chi connectivity index (χ1n) is 11.1. The lowest BCUT2D eigenvalue weighted by Gasteiger charge is -2.43. The highest BCUT2D eigenvalue weighted by molar-refractivity contribution is 7.15. The largest absolute Gasteiger partial charge is 0.325 e. The Balaban J connectivity index is 1.25. The first-order chi connectivity index (χ1) is 15.6. The molecule has 172 valence electrons. The molecule has 9 heteroatoms. The molecule has 8 nitrogen and oxygen atoms in total. The van der Waals surface area contributed by atoms with Gasteiger partial charge in [0.2, 0.25) is 5.91 Å². The number of carbonyl (C=O) groups is 3. The Kier molecular flexibility index (Phi) is 5.04. The van der Waals surface area contributed by atoms with Crippen LogP contribution in [0.3, 0.4) is 0 Å². The second-order valence-corrected chi connectivity index (χ2v) is 11.0. The fourth-order valence-corrected chi connectivity index (χ4v) is 6.28. The average molecular weight is 466 g/mol. The zero-order valence-electron chi connectivity index (χ0n) is 18.9. The van der Waals surface area contributed by atoms with E-state index >= 15 is 0 Å². The smallest absolute Gasteiger partial charge is 0.325 e. The molecule has 0 unspecified atom stereocenters. The average Bonchev–Trinajstić information content (AvgIpc) is 3.37. The van der Waals surface area contributed by atoms with Gasteiger partial charge in [-0.05, 0) is 42.7 Å². The van der Waals surface area contributed by atoms with Crippen LogP contribution in [0.2, 0.25) is 0 Å². The second kappa shape index (κ2) is 7.69. The zero-order chi connectivity index (χ0) is 23.4. The van der Waals surface area contributed by atoms with Crippen LogP contribution in [0, 0.1) is 11.3 Å². The van der Waals surface area contributed by atoms with Crippen molar-refractivity contribution in [2.75, 3.05) is 11.9 Å². The van der Waals surface area contributed by atoms with E-state index in [0.717, 1.165) is 27.5 Å². The number of fused-ring (bicyclic) bond motifs is 1. The van der Waals surface area contributed by atoms with Gasteiger partial charge < -0.3 is 10.6 Å². The van der Waals surface area contributed by atoms with E-state index in [2.05, 4.69) is 36.4 Å². The monoisotopic (exact) mass is 465 g/mol. The molecule has 4 amide bonds. The first-order valence-corrected chi connectivity index (χ1v) is 12.0. The van der Waals surface area contributed by atoms with Crippen molar-refractivity contribution in [3.63, 3.8) is 0 Å². The van der Waals surface area contributed by atoms with Gasteiger partial charge in [-0.1, -0.05) is 32.9 Å². The fraction of sp³-hybridized carbons (Fsp3) is 0.417. The number of amides is 4. The molecule has 2 aliphatic rings. The maximum Gasteiger partial charge on any atom is 0.325 e. The Morgan fingerprint density at radius 1 is 1.24 bits per heavy atom. The van der Waals surface area contributed by atoms with Gasteiger partial charge in [0.1, 0.15) is 12.1 Å². The van der Waals surface area contributed by atoms with Gasteiger partial charge in [-0.2, -0.15) is 0 Å². The van der Waals surface area contributed by atoms with E-state index in [0.29, 0.717) is 24.4 Å². The minimum absolute atomic E-state index is 0.0508. The second-order valence-electron chi connectivity index (χ2n) is 10.1. The van der Waals surface area contributed by atoms with Gasteiger partial charge in [0.05, 0.1) is 5.69 Å². The Morgan fingerprint density at radius 3 is 2.70 bits per heavy atom. The summed E-state index contributed by atoms with van der Waals surface area (Å²) in [5.41, 5.74) is 1.44. The molecular weight excluding hydrogens is 438 g/mol. The third kappa shape index (κ3) is 4.01. The lowest BCUT2D eigenvalue weighted by Crippen LogP contribution is -2.54. The molecule has 1 aromatic carbocycles. The summed E-state index contributed by atoms with van der Waals surface area (Å²) >= 11 is 1.57. The molecule has 0 radical (unpaired) electrons. The topological polar surface area (TPSA) is 95.8 Å². The lowest BCUT2D eigenvalue weighted by atomic mass is 9.64. The van der Waals surface area contributed by atoms with Crippen molar-refractivity contribution < 1.29 is 14.4 Å². The van der Waals surface area contributed by atoms with Crippen LogP contribution in [0.25, 0.3) is 16.2 Å². The number of carbonyl (C=O) groups excluding carboxylic acids is 3. The summed E-state index contributed by atoms with van der Waals surface area (Å²) in [5, 5.41) is 7.68. The van der Waals surface area contributed by atoms with Crippen molar-refractivity contribution in [3.8, 4) is 11.3 Å². The molecule has 3 heterocycles. The number of nitrogens with one attached hydrogen (secondary N) is 2. The molecular formula is C24H27N5O3S. The Morgan fingerprint density at radius 2 is 2.00 bits per heavy atom. The van der Waals surface area contributed by atoms with Crippen LogP contribution in [-0.4, -0.2) is 44.2 Å². The van der Waals surface area contributed by atoms with E-state index in [1.54, 1.807) is 23.5 Å². The van der Waals surface area contributed by atoms with E-state index in [1.165, 1.54) is 0 Å². The maximum atomic E-state index is 13.2. The lowest BCUT2D eigenvalue weighted by molar-refractivity contribution is -0.136. The summed E-state index contributed by atoms with van der Waals surface area (Å²) in [7, 11) is 0. The maximum absolute atomic E-state index is 13.2. The minimum Gasteiger partial charge on any atom is -0.325 e. The predicted molar refractivity (Wildman–Crippen MR) is 127 cm³/mol. The van der Waals surface area contributed by atoms with E-state index in [1.807, 2.05) is 34.3 Å². The van der Waals surface area contributed by atoms with Crippen LogP contribution in [0.15, 0.2) is 42.0 Å². The standard InChI is InChI=1S/C24H27N5O3S/c1-15-10-23(2,3)14-24(11-15)20(31)29(21(32)27-24)13-19(30)25-17-6-4-16(5-7-17)18-12-28-8-9-33-22(28)26-18/h4-9,12,15H,10-11,13-14H2,1-3H3,(H,25,30)(H,27,32)/t15-,24+/m1/s1. The highest BCUT2D eigenvalue weighted by Crippen LogP contribution is 2.46. The molecule has 1 aliphatic carbocycles. The molecule has 33 heavy (non-hydrogen) atoms. The Hall–Kier alpha value is -3.20. The summed E-state index contributed by atoms with van der Waals surface area (Å²) < 4.78 is 1.97.